The van der Waals surface area contributed by atoms with Gasteiger partial charge in [-0.1, -0.05) is 60.0 Å². The maximum atomic E-state index is 12.5. The number of halogens is 1. The van der Waals surface area contributed by atoms with Gasteiger partial charge in [-0.2, -0.15) is 0 Å². The van der Waals surface area contributed by atoms with Crippen molar-refractivity contribution in [3.8, 4) is 5.75 Å². The summed E-state index contributed by atoms with van der Waals surface area (Å²) in [5.74, 6) is 1.84. The summed E-state index contributed by atoms with van der Waals surface area (Å²) in [7, 11) is 0. The molecule has 11 heteroatoms. The average molecular weight is 507 g/mol. The number of carbonyl (C=O) groups is 1. The lowest BCUT2D eigenvalue weighted by molar-refractivity contribution is -0.113. The number of aryl methyl sites for hydroxylation is 1. The van der Waals surface area contributed by atoms with Gasteiger partial charge in [-0.25, -0.2) is 0 Å². The van der Waals surface area contributed by atoms with Crippen LogP contribution in [0.1, 0.15) is 61.3 Å². The summed E-state index contributed by atoms with van der Waals surface area (Å²) < 4.78 is 7.80. The fourth-order valence-corrected chi connectivity index (χ4v) is 5.72. The van der Waals surface area contributed by atoms with Crippen molar-refractivity contribution >= 4 is 45.7 Å². The number of nitrogens with one attached hydrogen (secondary N) is 1. The molecule has 1 fully saturated rings. The Kier molecular flexibility index (Phi) is 8.21. The largest absolute Gasteiger partial charge is 0.484 e. The summed E-state index contributed by atoms with van der Waals surface area (Å²) in [5.41, 5.74) is 1.06. The molecule has 0 unspecified atom stereocenters. The van der Waals surface area contributed by atoms with E-state index in [1.165, 1.54) is 42.4 Å². The van der Waals surface area contributed by atoms with Gasteiger partial charge in [-0.3, -0.25) is 10.1 Å². The standard InChI is InChI=1S/C22H27ClN6O2S2/c1-3-29-18(12-31-17-11-14(2)9-10-16(17)23)25-28-22(29)32-13-19(30)24-21-27-26-20(33-21)15-7-5-4-6-8-15/h9-11,15H,3-8,12-13H2,1-2H3,(H,24,27,30). The Labute approximate surface area is 206 Å². The molecule has 33 heavy (non-hydrogen) atoms. The van der Waals surface area contributed by atoms with Crippen molar-refractivity contribution in [2.24, 2.45) is 0 Å². The number of amides is 1. The van der Waals surface area contributed by atoms with Gasteiger partial charge in [0, 0.05) is 12.5 Å². The molecule has 1 N–H and O–H groups in total. The highest BCUT2D eigenvalue weighted by molar-refractivity contribution is 7.99. The highest BCUT2D eigenvalue weighted by Gasteiger charge is 2.20. The van der Waals surface area contributed by atoms with Crippen molar-refractivity contribution in [1.82, 2.24) is 25.0 Å². The zero-order valence-electron chi connectivity index (χ0n) is 18.7. The van der Waals surface area contributed by atoms with E-state index in [2.05, 4.69) is 25.7 Å². The maximum Gasteiger partial charge on any atom is 0.236 e. The Morgan fingerprint density at radius 1 is 1.24 bits per heavy atom. The maximum absolute atomic E-state index is 12.5. The van der Waals surface area contributed by atoms with E-state index in [0.717, 1.165) is 23.4 Å². The van der Waals surface area contributed by atoms with Crippen LogP contribution in [0, 0.1) is 6.92 Å². The van der Waals surface area contributed by atoms with Gasteiger partial charge in [0.25, 0.3) is 0 Å². The average Bonchev–Trinajstić information content (AvgIpc) is 3.45. The fraction of sp³-hybridized carbons (Fsp3) is 0.500. The Hall–Kier alpha value is -2.17. The van der Waals surface area contributed by atoms with Crippen molar-refractivity contribution in [2.75, 3.05) is 11.1 Å². The van der Waals surface area contributed by atoms with Gasteiger partial charge in [0.2, 0.25) is 11.0 Å². The van der Waals surface area contributed by atoms with Gasteiger partial charge in [0.05, 0.1) is 10.8 Å². The molecular weight excluding hydrogens is 480 g/mol. The smallest absolute Gasteiger partial charge is 0.236 e. The van der Waals surface area contributed by atoms with Gasteiger partial charge < -0.3 is 9.30 Å². The van der Waals surface area contributed by atoms with Gasteiger partial charge >= 0.3 is 0 Å². The van der Waals surface area contributed by atoms with E-state index in [1.54, 1.807) is 0 Å². The molecule has 0 atom stereocenters. The Bertz CT molecular complexity index is 1100. The van der Waals surface area contributed by atoms with Crippen LogP contribution in [0.25, 0.3) is 0 Å². The third-order valence-electron chi connectivity index (χ3n) is 5.53. The predicted molar refractivity (Wildman–Crippen MR) is 131 cm³/mol. The van der Waals surface area contributed by atoms with Crippen molar-refractivity contribution < 1.29 is 9.53 Å². The third-order valence-corrected chi connectivity index (χ3v) is 7.81. The number of ether oxygens (including phenoxy) is 1. The molecule has 176 valence electrons. The first-order valence-corrected chi connectivity index (χ1v) is 13.3. The summed E-state index contributed by atoms with van der Waals surface area (Å²) in [6.45, 7) is 4.89. The first kappa shape index (κ1) is 24.0. The van der Waals surface area contributed by atoms with Gasteiger partial charge in [0.1, 0.15) is 17.4 Å². The highest BCUT2D eigenvalue weighted by Crippen LogP contribution is 2.35. The monoisotopic (exact) mass is 506 g/mol. The quantitative estimate of drug-likeness (QED) is 0.384. The van der Waals surface area contributed by atoms with Crippen molar-refractivity contribution in [3.63, 3.8) is 0 Å². The van der Waals surface area contributed by atoms with E-state index < -0.39 is 0 Å². The number of aromatic nitrogens is 5. The number of nitrogens with zero attached hydrogens (tertiary/aromatic N) is 5. The molecule has 2 aromatic heterocycles. The zero-order valence-corrected chi connectivity index (χ0v) is 21.1. The number of carbonyl (C=O) groups excluding carboxylic acids is 1. The van der Waals surface area contributed by atoms with Gasteiger partial charge in [0.15, 0.2) is 11.0 Å². The molecule has 1 aliphatic carbocycles. The summed E-state index contributed by atoms with van der Waals surface area (Å²) in [4.78, 5) is 12.5. The van der Waals surface area contributed by atoms with Crippen LogP contribution in [0.5, 0.6) is 5.75 Å². The summed E-state index contributed by atoms with van der Waals surface area (Å²) >= 11 is 9.03. The normalized spacial score (nSPS) is 14.4. The minimum Gasteiger partial charge on any atom is -0.484 e. The minimum atomic E-state index is -0.138. The van der Waals surface area contributed by atoms with E-state index in [4.69, 9.17) is 16.3 Å². The molecule has 2 heterocycles. The lowest BCUT2D eigenvalue weighted by Gasteiger charge is -2.18. The number of hydrogen-bond acceptors (Lipinski definition) is 8. The lowest BCUT2D eigenvalue weighted by atomic mass is 9.90. The second kappa shape index (κ2) is 11.3. The summed E-state index contributed by atoms with van der Waals surface area (Å²) in [5, 5.41) is 22.6. The van der Waals surface area contributed by atoms with E-state index in [9.17, 15) is 4.79 Å². The molecule has 8 nitrogen and oxygen atoms in total. The third kappa shape index (κ3) is 6.24. The van der Waals surface area contributed by atoms with Crippen LogP contribution in [0.15, 0.2) is 23.4 Å². The molecule has 0 radical (unpaired) electrons. The summed E-state index contributed by atoms with van der Waals surface area (Å²) in [6.07, 6.45) is 6.10. The topological polar surface area (TPSA) is 94.8 Å². The number of anilines is 1. The molecule has 0 saturated heterocycles. The van der Waals surface area contributed by atoms with Crippen LogP contribution in [0.4, 0.5) is 5.13 Å². The fourth-order valence-electron chi connectivity index (χ4n) is 3.80. The molecule has 4 rings (SSSR count). The molecule has 1 aliphatic rings. The van der Waals surface area contributed by atoms with E-state index in [-0.39, 0.29) is 18.3 Å². The Balaban J connectivity index is 1.31. The molecule has 1 amide bonds. The molecule has 1 aromatic carbocycles. The second-order valence-corrected chi connectivity index (χ2v) is 10.3. The highest BCUT2D eigenvalue weighted by atomic mass is 35.5. The van der Waals surface area contributed by atoms with E-state index in [0.29, 0.717) is 39.3 Å². The van der Waals surface area contributed by atoms with Crippen molar-refractivity contribution in [1.29, 1.82) is 0 Å². The molecule has 1 saturated carbocycles. The first-order valence-electron chi connectivity index (χ1n) is 11.1. The minimum absolute atomic E-state index is 0.138. The Morgan fingerprint density at radius 3 is 2.85 bits per heavy atom. The molecule has 0 aliphatic heterocycles. The van der Waals surface area contributed by atoms with Gasteiger partial charge in [-0.15, -0.1) is 20.4 Å². The SMILES string of the molecule is CCn1c(COc2cc(C)ccc2Cl)nnc1SCC(=O)Nc1nnc(C2CCCCC2)s1. The first-order chi connectivity index (χ1) is 16.0. The Morgan fingerprint density at radius 2 is 2.06 bits per heavy atom. The number of benzene rings is 1. The van der Waals surface area contributed by atoms with Crippen LogP contribution in [0.2, 0.25) is 5.02 Å². The lowest BCUT2D eigenvalue weighted by Crippen LogP contribution is -2.14. The molecule has 0 spiro atoms. The number of thioether (sulfide) groups is 1. The van der Waals surface area contributed by atoms with Crippen LogP contribution in [-0.2, 0) is 17.9 Å². The second-order valence-electron chi connectivity index (χ2n) is 7.98. The molecule has 3 aromatic rings. The van der Waals surface area contributed by atoms with Crippen LogP contribution in [-0.4, -0.2) is 36.6 Å². The molecule has 0 bridgehead atoms. The van der Waals surface area contributed by atoms with Crippen molar-refractivity contribution in [3.05, 3.63) is 39.6 Å². The van der Waals surface area contributed by atoms with Gasteiger partial charge in [-0.05, 0) is 44.4 Å². The number of hydrogen-bond donors (Lipinski definition) is 1. The van der Waals surface area contributed by atoms with Crippen LogP contribution in [0.3, 0.4) is 0 Å². The molecular formula is C22H27ClN6O2S2. The van der Waals surface area contributed by atoms with Crippen LogP contribution < -0.4 is 10.1 Å². The summed E-state index contributed by atoms with van der Waals surface area (Å²) in [6, 6.07) is 5.64. The van der Waals surface area contributed by atoms with E-state index in [1.807, 2.05) is 36.6 Å². The van der Waals surface area contributed by atoms with E-state index >= 15 is 0 Å². The van der Waals surface area contributed by atoms with Crippen LogP contribution >= 0.6 is 34.7 Å². The van der Waals surface area contributed by atoms with Crippen molar-refractivity contribution in [2.45, 2.75) is 70.2 Å². The number of rotatable bonds is 9. The predicted octanol–water partition coefficient (Wildman–Crippen LogP) is 5.47. The zero-order chi connectivity index (χ0) is 23.2.